The molecule has 1 unspecified atom stereocenters. The van der Waals surface area contributed by atoms with E-state index in [1.54, 1.807) is 24.3 Å². The molecule has 0 saturated carbocycles. The molecule has 2 aromatic carbocycles. The molecular weight excluding hydrogens is 406 g/mol. The van der Waals surface area contributed by atoms with Crippen molar-refractivity contribution in [3.63, 3.8) is 0 Å². The minimum absolute atomic E-state index is 0.218. The van der Waals surface area contributed by atoms with Crippen molar-refractivity contribution in [3.05, 3.63) is 64.6 Å². The lowest BCUT2D eigenvalue weighted by Crippen LogP contribution is -2.42. The van der Waals surface area contributed by atoms with Gasteiger partial charge in [0.1, 0.15) is 12.6 Å². The van der Waals surface area contributed by atoms with Crippen LogP contribution in [0.5, 0.6) is 11.5 Å². The van der Waals surface area contributed by atoms with Gasteiger partial charge in [-0.25, -0.2) is 4.79 Å². The van der Waals surface area contributed by atoms with E-state index in [2.05, 4.69) is 4.74 Å². The first kappa shape index (κ1) is 21.4. The highest BCUT2D eigenvalue weighted by Crippen LogP contribution is 2.35. The maximum Gasteiger partial charge on any atom is 0.328 e. The molecule has 1 fully saturated rings. The number of imide groups is 1. The van der Waals surface area contributed by atoms with E-state index in [1.165, 1.54) is 21.1 Å². The van der Waals surface area contributed by atoms with Gasteiger partial charge >= 0.3 is 5.97 Å². The average molecular weight is 427 g/mol. The Morgan fingerprint density at radius 2 is 1.83 bits per heavy atom. The van der Waals surface area contributed by atoms with Gasteiger partial charge in [-0.1, -0.05) is 36.4 Å². The second kappa shape index (κ2) is 9.49. The molecule has 3 rings (SSSR count). The van der Waals surface area contributed by atoms with Crippen molar-refractivity contribution in [2.45, 2.75) is 19.6 Å². The maximum absolute atomic E-state index is 12.6. The third-order valence-corrected chi connectivity index (χ3v) is 5.36. The molecule has 2 aromatic rings. The van der Waals surface area contributed by atoms with Crippen LogP contribution in [0.2, 0.25) is 0 Å². The second-order valence-corrected chi connectivity index (χ2v) is 7.43. The maximum atomic E-state index is 12.6. The zero-order valence-electron chi connectivity index (χ0n) is 16.8. The quantitative estimate of drug-likeness (QED) is 0.490. The number of hydrogen-bond donors (Lipinski definition) is 0. The molecule has 1 atom stereocenters. The van der Waals surface area contributed by atoms with E-state index in [1.807, 2.05) is 30.3 Å². The second-order valence-electron chi connectivity index (χ2n) is 6.44. The number of amides is 2. The molecular formula is C22H21NO6S. The van der Waals surface area contributed by atoms with Gasteiger partial charge in [0.05, 0.1) is 19.1 Å². The monoisotopic (exact) mass is 427 g/mol. The molecule has 0 radical (unpaired) electrons. The summed E-state index contributed by atoms with van der Waals surface area (Å²) in [6.07, 6.45) is 1.58. The van der Waals surface area contributed by atoms with Crippen molar-refractivity contribution in [1.29, 1.82) is 0 Å². The van der Waals surface area contributed by atoms with Gasteiger partial charge in [-0.2, -0.15) is 0 Å². The van der Waals surface area contributed by atoms with Gasteiger partial charge < -0.3 is 14.2 Å². The number of nitrogens with zero attached hydrogens (tertiary/aromatic N) is 1. The highest BCUT2D eigenvalue weighted by Gasteiger charge is 2.41. The van der Waals surface area contributed by atoms with E-state index in [0.717, 1.165) is 22.2 Å². The summed E-state index contributed by atoms with van der Waals surface area (Å²) < 4.78 is 15.9. The normalized spacial score (nSPS) is 16.0. The average Bonchev–Trinajstić information content (AvgIpc) is 3.04. The van der Waals surface area contributed by atoms with Crippen molar-refractivity contribution >= 4 is 35.0 Å². The van der Waals surface area contributed by atoms with Gasteiger partial charge in [0.2, 0.25) is 0 Å². The van der Waals surface area contributed by atoms with Crippen LogP contribution in [0.3, 0.4) is 0 Å². The summed E-state index contributed by atoms with van der Waals surface area (Å²) in [5.74, 6) is -0.126. The third-order valence-electron chi connectivity index (χ3n) is 4.48. The molecule has 156 valence electrons. The Morgan fingerprint density at radius 1 is 1.10 bits per heavy atom. The SMILES string of the molecule is COC(=O)C(C)N1C(=O)SC(=Cc2ccc(OCc3ccccc3)c(OC)c2)C1=O. The van der Waals surface area contributed by atoms with Crippen molar-refractivity contribution < 1.29 is 28.6 Å². The minimum atomic E-state index is -0.989. The lowest BCUT2D eigenvalue weighted by Gasteiger charge is -2.18. The molecule has 1 heterocycles. The van der Waals surface area contributed by atoms with Crippen LogP contribution in [0.4, 0.5) is 4.79 Å². The summed E-state index contributed by atoms with van der Waals surface area (Å²) in [6, 6.07) is 14.0. The topological polar surface area (TPSA) is 82.1 Å². The molecule has 8 heteroatoms. The fourth-order valence-electron chi connectivity index (χ4n) is 2.87. The lowest BCUT2D eigenvalue weighted by atomic mass is 10.1. The Balaban J connectivity index is 1.78. The third kappa shape index (κ3) is 4.65. The van der Waals surface area contributed by atoms with Crippen LogP contribution in [0.1, 0.15) is 18.1 Å². The van der Waals surface area contributed by atoms with Crippen molar-refractivity contribution in [3.8, 4) is 11.5 Å². The van der Waals surface area contributed by atoms with Crippen LogP contribution in [-0.4, -0.2) is 42.3 Å². The molecule has 1 saturated heterocycles. The van der Waals surface area contributed by atoms with E-state index in [0.29, 0.717) is 23.7 Å². The largest absolute Gasteiger partial charge is 0.493 e. The summed E-state index contributed by atoms with van der Waals surface area (Å²) in [6.45, 7) is 1.84. The summed E-state index contributed by atoms with van der Waals surface area (Å²) in [5, 5.41) is -0.515. The fraction of sp³-hybridized carbons (Fsp3) is 0.227. The molecule has 1 aliphatic rings. The Kier molecular flexibility index (Phi) is 6.79. The number of rotatable bonds is 7. The number of methoxy groups -OCH3 is 2. The van der Waals surface area contributed by atoms with Crippen LogP contribution < -0.4 is 9.47 Å². The number of esters is 1. The number of benzene rings is 2. The van der Waals surface area contributed by atoms with E-state index in [4.69, 9.17) is 9.47 Å². The molecule has 0 bridgehead atoms. The molecule has 7 nitrogen and oxygen atoms in total. The molecule has 0 spiro atoms. The minimum Gasteiger partial charge on any atom is -0.493 e. The van der Waals surface area contributed by atoms with Gasteiger partial charge in [-0.05, 0) is 48.0 Å². The summed E-state index contributed by atoms with van der Waals surface area (Å²) in [7, 11) is 2.74. The van der Waals surface area contributed by atoms with Gasteiger partial charge in [-0.3, -0.25) is 14.5 Å². The van der Waals surface area contributed by atoms with E-state index < -0.39 is 23.2 Å². The standard InChI is InChI=1S/C22H21NO6S/c1-14(21(25)28-3)23-20(24)19(30-22(23)26)12-16-9-10-17(18(11-16)27-2)29-13-15-7-5-4-6-8-15/h4-12,14H,13H2,1-3H3. The Hall–Kier alpha value is -3.26. The molecule has 30 heavy (non-hydrogen) atoms. The summed E-state index contributed by atoms with van der Waals surface area (Å²) >= 11 is 0.777. The molecule has 1 aliphatic heterocycles. The molecule has 0 aliphatic carbocycles. The summed E-state index contributed by atoms with van der Waals surface area (Å²) in [4.78, 5) is 37.7. The highest BCUT2D eigenvalue weighted by molar-refractivity contribution is 8.18. The number of carbonyl (C=O) groups is 3. The summed E-state index contributed by atoms with van der Waals surface area (Å²) in [5.41, 5.74) is 1.69. The van der Waals surface area contributed by atoms with Crippen LogP contribution in [0, 0.1) is 0 Å². The van der Waals surface area contributed by atoms with E-state index in [-0.39, 0.29) is 4.91 Å². The van der Waals surface area contributed by atoms with Gasteiger partial charge in [-0.15, -0.1) is 0 Å². The van der Waals surface area contributed by atoms with Crippen LogP contribution in [-0.2, 0) is 20.9 Å². The van der Waals surface area contributed by atoms with Crippen molar-refractivity contribution in [2.24, 2.45) is 0 Å². The number of ether oxygens (including phenoxy) is 3. The zero-order valence-corrected chi connectivity index (χ0v) is 17.6. The predicted octanol–water partition coefficient (Wildman–Crippen LogP) is 3.87. The number of carbonyl (C=O) groups excluding carboxylic acids is 3. The predicted molar refractivity (Wildman–Crippen MR) is 113 cm³/mol. The van der Waals surface area contributed by atoms with Gasteiger partial charge in [0, 0.05) is 0 Å². The lowest BCUT2D eigenvalue weighted by molar-refractivity contribution is -0.148. The highest BCUT2D eigenvalue weighted by atomic mass is 32.2. The molecule has 2 amide bonds. The zero-order chi connectivity index (χ0) is 21.7. The smallest absolute Gasteiger partial charge is 0.328 e. The molecule has 0 N–H and O–H groups in total. The van der Waals surface area contributed by atoms with Gasteiger partial charge in [0.25, 0.3) is 11.1 Å². The van der Waals surface area contributed by atoms with Crippen LogP contribution in [0.25, 0.3) is 6.08 Å². The Labute approximate surface area is 178 Å². The first-order valence-electron chi connectivity index (χ1n) is 9.14. The van der Waals surface area contributed by atoms with Crippen LogP contribution in [0.15, 0.2) is 53.4 Å². The Bertz CT molecular complexity index is 988. The first-order valence-corrected chi connectivity index (χ1v) is 9.96. The van der Waals surface area contributed by atoms with E-state index in [9.17, 15) is 14.4 Å². The van der Waals surface area contributed by atoms with Gasteiger partial charge in [0.15, 0.2) is 11.5 Å². The number of thioether (sulfide) groups is 1. The van der Waals surface area contributed by atoms with E-state index >= 15 is 0 Å². The van der Waals surface area contributed by atoms with Crippen LogP contribution >= 0.6 is 11.8 Å². The fourth-order valence-corrected chi connectivity index (χ4v) is 3.78. The van der Waals surface area contributed by atoms with Crippen molar-refractivity contribution in [1.82, 2.24) is 4.90 Å². The Morgan fingerprint density at radius 3 is 2.50 bits per heavy atom. The number of hydrogen-bond acceptors (Lipinski definition) is 7. The molecule has 0 aromatic heterocycles. The first-order chi connectivity index (χ1) is 14.4. The van der Waals surface area contributed by atoms with Crippen molar-refractivity contribution in [2.75, 3.05) is 14.2 Å².